The lowest BCUT2D eigenvalue weighted by atomic mass is 9.95. The molecule has 3 N–H and O–H groups in total. The minimum atomic E-state index is -0.928. The van der Waals surface area contributed by atoms with E-state index in [2.05, 4.69) is 34.9 Å². The van der Waals surface area contributed by atoms with Gasteiger partial charge in [0.05, 0.1) is 18.2 Å². The van der Waals surface area contributed by atoms with Crippen molar-refractivity contribution >= 4 is 5.91 Å². The summed E-state index contributed by atoms with van der Waals surface area (Å²) in [4.78, 5) is 11.7. The lowest BCUT2D eigenvalue weighted by Crippen LogP contribution is -2.49. The normalized spacial score (nSPS) is 21.3. The summed E-state index contributed by atoms with van der Waals surface area (Å²) in [7, 11) is 0. The summed E-state index contributed by atoms with van der Waals surface area (Å²) in [5.74, 6) is -1.67. The predicted molar refractivity (Wildman–Crippen MR) is 122 cm³/mol. The van der Waals surface area contributed by atoms with E-state index in [-0.39, 0.29) is 30.5 Å². The number of hydrogen-bond acceptors (Lipinski definition) is 4. The number of aliphatic hydroxyl groups is 1. The summed E-state index contributed by atoms with van der Waals surface area (Å²) in [6.07, 6.45) is 4.55. The van der Waals surface area contributed by atoms with Gasteiger partial charge in [0.15, 0.2) is 0 Å². The van der Waals surface area contributed by atoms with Crippen LogP contribution in [-0.2, 0) is 21.5 Å². The highest BCUT2D eigenvalue weighted by Gasteiger charge is 2.44. The first-order valence-electron chi connectivity index (χ1n) is 11.7. The third kappa shape index (κ3) is 6.16. The molecule has 3 unspecified atom stereocenters. The molecule has 2 fully saturated rings. The molecule has 2 aliphatic rings. The third-order valence-corrected chi connectivity index (χ3v) is 6.62. The number of carbonyl (C=O) groups excluding carboxylic acids is 1. The third-order valence-electron chi connectivity index (χ3n) is 6.62. The zero-order valence-corrected chi connectivity index (χ0v) is 18.9. The Kier molecular flexibility index (Phi) is 7.41. The summed E-state index contributed by atoms with van der Waals surface area (Å²) in [5.41, 5.74) is 2.53. The van der Waals surface area contributed by atoms with Crippen LogP contribution in [0.25, 0.3) is 0 Å². The smallest absolute Gasteiger partial charge is 0.217 e. The van der Waals surface area contributed by atoms with Crippen LogP contribution >= 0.6 is 0 Å². The Hall–Kier alpha value is -2.35. The molecule has 1 aliphatic carbocycles. The van der Waals surface area contributed by atoms with Gasteiger partial charge in [-0.1, -0.05) is 24.3 Å². The van der Waals surface area contributed by atoms with E-state index in [1.807, 2.05) is 0 Å². The molecule has 178 valence electrons. The maximum Gasteiger partial charge on any atom is 0.217 e. The lowest BCUT2D eigenvalue weighted by Gasteiger charge is -2.28. The highest BCUT2D eigenvalue weighted by molar-refractivity contribution is 5.73. The number of nitrogens with one attached hydrogen (secondary N) is 2. The number of ether oxygens (including phenoxy) is 1. The van der Waals surface area contributed by atoms with Crippen LogP contribution in [0.4, 0.5) is 8.78 Å². The Bertz CT molecular complexity index is 954. The maximum atomic E-state index is 13.6. The van der Waals surface area contributed by atoms with Crippen molar-refractivity contribution in [2.24, 2.45) is 0 Å². The van der Waals surface area contributed by atoms with Crippen LogP contribution in [0.2, 0.25) is 0 Å². The number of halogens is 2. The average molecular weight is 459 g/mol. The van der Waals surface area contributed by atoms with Crippen LogP contribution in [0.5, 0.6) is 0 Å². The zero-order chi connectivity index (χ0) is 23.4. The fourth-order valence-electron chi connectivity index (χ4n) is 4.70. The van der Waals surface area contributed by atoms with Gasteiger partial charge in [0.25, 0.3) is 0 Å². The van der Waals surface area contributed by atoms with Crippen LogP contribution in [0.15, 0.2) is 42.5 Å². The number of benzene rings is 2. The van der Waals surface area contributed by atoms with Gasteiger partial charge in [-0.15, -0.1) is 0 Å². The fourth-order valence-corrected chi connectivity index (χ4v) is 4.70. The molecule has 2 aromatic carbocycles. The van der Waals surface area contributed by atoms with E-state index in [1.54, 1.807) is 0 Å². The van der Waals surface area contributed by atoms with E-state index >= 15 is 0 Å². The molecule has 2 aromatic rings. The number of aliphatic hydroxyl groups excluding tert-OH is 1. The van der Waals surface area contributed by atoms with Gasteiger partial charge in [-0.2, -0.15) is 0 Å². The summed E-state index contributed by atoms with van der Waals surface area (Å²) >= 11 is 0. The van der Waals surface area contributed by atoms with Crippen LogP contribution in [0.1, 0.15) is 61.8 Å². The number of hydrogen-bond donors (Lipinski definition) is 3. The second-order valence-electron chi connectivity index (χ2n) is 9.30. The van der Waals surface area contributed by atoms with Crippen molar-refractivity contribution in [2.45, 2.75) is 69.2 Å². The van der Waals surface area contributed by atoms with Gasteiger partial charge < -0.3 is 20.5 Å². The monoisotopic (exact) mass is 458 g/mol. The van der Waals surface area contributed by atoms with Gasteiger partial charge in [-0.25, -0.2) is 8.78 Å². The molecule has 1 heterocycles. The molecule has 1 saturated carbocycles. The molecule has 0 radical (unpaired) electrons. The highest BCUT2D eigenvalue weighted by Crippen LogP contribution is 2.46. The second kappa shape index (κ2) is 10.3. The summed E-state index contributed by atoms with van der Waals surface area (Å²) in [6, 6.07) is 11.0. The van der Waals surface area contributed by atoms with Crippen LogP contribution in [0.3, 0.4) is 0 Å². The Labute approximate surface area is 193 Å². The van der Waals surface area contributed by atoms with Crippen molar-refractivity contribution in [3.8, 4) is 0 Å². The van der Waals surface area contributed by atoms with E-state index in [1.165, 1.54) is 36.6 Å². The van der Waals surface area contributed by atoms with Crippen molar-refractivity contribution in [1.82, 2.24) is 10.6 Å². The Morgan fingerprint density at radius 2 is 1.94 bits per heavy atom. The molecule has 1 saturated heterocycles. The molecule has 0 spiro atoms. The average Bonchev–Trinajstić information content (AvgIpc) is 3.58. The van der Waals surface area contributed by atoms with Crippen molar-refractivity contribution < 1.29 is 23.4 Å². The van der Waals surface area contributed by atoms with Gasteiger partial charge in [-0.05, 0) is 67.3 Å². The van der Waals surface area contributed by atoms with Crippen LogP contribution < -0.4 is 10.6 Å². The molecule has 7 heteroatoms. The van der Waals surface area contributed by atoms with E-state index in [4.69, 9.17) is 4.74 Å². The summed E-state index contributed by atoms with van der Waals surface area (Å²) < 4.78 is 33.1. The minimum absolute atomic E-state index is 0.124. The van der Waals surface area contributed by atoms with Gasteiger partial charge in [0.2, 0.25) is 5.91 Å². The largest absolute Gasteiger partial charge is 0.390 e. The summed E-state index contributed by atoms with van der Waals surface area (Å²) in [5, 5.41) is 17.1. The Balaban J connectivity index is 1.42. The first-order chi connectivity index (χ1) is 15.8. The van der Waals surface area contributed by atoms with E-state index in [0.29, 0.717) is 5.56 Å². The molecule has 1 aliphatic heterocycles. The number of rotatable bonds is 9. The molecule has 1 amide bonds. The van der Waals surface area contributed by atoms with Crippen molar-refractivity contribution in [3.05, 3.63) is 70.8 Å². The quantitative estimate of drug-likeness (QED) is 0.533. The number of carbonyl (C=O) groups is 1. The SMILES string of the molecule is CC(=O)NC(Cc1cc(F)cc(F)c1)C(O)CNC1(c2cccc(C3CCCCO3)c2)CC1. The number of amides is 1. The Morgan fingerprint density at radius 3 is 2.58 bits per heavy atom. The fraction of sp³-hybridized carbons (Fsp3) is 0.500. The van der Waals surface area contributed by atoms with Gasteiger partial charge >= 0.3 is 0 Å². The Morgan fingerprint density at radius 1 is 1.18 bits per heavy atom. The highest BCUT2D eigenvalue weighted by atomic mass is 19.1. The van der Waals surface area contributed by atoms with Crippen LogP contribution in [-0.4, -0.2) is 36.3 Å². The molecular formula is C26H32F2N2O3. The standard InChI is InChI=1S/C26H32F2N2O3/c1-17(31)30-23(13-18-11-21(27)15-22(28)12-18)24(32)16-29-26(8-9-26)20-6-4-5-19(14-20)25-7-2-3-10-33-25/h4-6,11-12,14-15,23-25,29,32H,2-3,7-10,13,16H2,1H3,(H,30,31). The van der Waals surface area contributed by atoms with E-state index in [9.17, 15) is 18.7 Å². The van der Waals surface area contributed by atoms with Crippen molar-refractivity contribution in [3.63, 3.8) is 0 Å². The van der Waals surface area contributed by atoms with E-state index < -0.39 is 23.8 Å². The topological polar surface area (TPSA) is 70.6 Å². The molecular weight excluding hydrogens is 426 g/mol. The molecule has 0 bridgehead atoms. The van der Waals surface area contributed by atoms with E-state index in [0.717, 1.165) is 38.4 Å². The first kappa shape index (κ1) is 23.8. The van der Waals surface area contributed by atoms with Crippen LogP contribution in [0, 0.1) is 11.6 Å². The first-order valence-corrected chi connectivity index (χ1v) is 11.7. The molecule has 4 rings (SSSR count). The molecule has 5 nitrogen and oxygen atoms in total. The molecule has 33 heavy (non-hydrogen) atoms. The predicted octanol–water partition coefficient (Wildman–Crippen LogP) is 3.89. The second-order valence-corrected chi connectivity index (χ2v) is 9.30. The molecule has 0 aromatic heterocycles. The van der Waals surface area contributed by atoms with Gasteiger partial charge in [0.1, 0.15) is 11.6 Å². The van der Waals surface area contributed by atoms with Crippen molar-refractivity contribution in [1.29, 1.82) is 0 Å². The summed E-state index contributed by atoms with van der Waals surface area (Å²) in [6.45, 7) is 2.40. The zero-order valence-electron chi connectivity index (χ0n) is 18.9. The van der Waals surface area contributed by atoms with Gasteiger partial charge in [0, 0.05) is 31.7 Å². The minimum Gasteiger partial charge on any atom is -0.390 e. The maximum absolute atomic E-state index is 13.6. The van der Waals surface area contributed by atoms with Crippen molar-refractivity contribution in [2.75, 3.05) is 13.2 Å². The van der Waals surface area contributed by atoms with Gasteiger partial charge in [-0.3, -0.25) is 4.79 Å². The lowest BCUT2D eigenvalue weighted by molar-refractivity contribution is -0.120. The molecule has 3 atom stereocenters.